The van der Waals surface area contributed by atoms with E-state index in [1.807, 2.05) is 40.2 Å². The molecule has 4 aromatic heterocycles. The van der Waals surface area contributed by atoms with Crippen LogP contribution in [-0.2, 0) is 19.6 Å². The van der Waals surface area contributed by atoms with Crippen LogP contribution in [0.1, 0.15) is 54.4 Å². The Morgan fingerprint density at radius 3 is 2.76 bits per heavy atom. The van der Waals surface area contributed by atoms with E-state index in [-0.39, 0.29) is 18.0 Å². The number of aryl methyl sites for hydroxylation is 2. The van der Waals surface area contributed by atoms with Crippen LogP contribution in [0.5, 0.6) is 5.75 Å². The molecule has 216 valence electrons. The van der Waals surface area contributed by atoms with Gasteiger partial charge >= 0.3 is 0 Å². The first-order valence-electron chi connectivity index (χ1n) is 15.2. The number of amides is 1. The Morgan fingerprint density at radius 1 is 1.07 bits per heavy atom. The predicted molar refractivity (Wildman–Crippen MR) is 160 cm³/mol. The van der Waals surface area contributed by atoms with E-state index in [9.17, 15) is 4.79 Å². The van der Waals surface area contributed by atoms with Crippen LogP contribution in [0.3, 0.4) is 0 Å². The van der Waals surface area contributed by atoms with Crippen molar-refractivity contribution in [3.8, 4) is 17.3 Å². The van der Waals surface area contributed by atoms with Crippen LogP contribution in [0.4, 0.5) is 0 Å². The van der Waals surface area contributed by atoms with Gasteiger partial charge in [0.25, 0.3) is 5.91 Å². The number of piperidine rings is 1. The molecule has 10 heteroatoms. The van der Waals surface area contributed by atoms with Gasteiger partial charge in [-0.2, -0.15) is 5.10 Å². The normalized spacial score (nSPS) is 22.3. The van der Waals surface area contributed by atoms with Gasteiger partial charge in [0.2, 0.25) is 0 Å². The highest BCUT2D eigenvalue weighted by Crippen LogP contribution is 2.39. The number of rotatable bonds is 2. The number of likely N-dealkylation sites (tertiary alicyclic amines) is 1. The number of imidazole rings is 1. The van der Waals surface area contributed by atoms with Gasteiger partial charge in [-0.15, -0.1) is 0 Å². The van der Waals surface area contributed by atoms with Crippen molar-refractivity contribution in [3.63, 3.8) is 0 Å². The second-order valence-corrected chi connectivity index (χ2v) is 12.1. The minimum Gasteiger partial charge on any atom is -0.494 e. The maximum atomic E-state index is 13.8. The summed E-state index contributed by atoms with van der Waals surface area (Å²) < 4.78 is 12.6. The zero-order chi connectivity index (χ0) is 28.4. The van der Waals surface area contributed by atoms with Crippen molar-refractivity contribution < 1.29 is 9.53 Å². The number of aromatic nitrogens is 6. The van der Waals surface area contributed by atoms with E-state index >= 15 is 0 Å². The molecule has 2 aliphatic heterocycles. The van der Waals surface area contributed by atoms with Crippen LogP contribution in [0.25, 0.3) is 33.6 Å². The minimum atomic E-state index is 0.00642. The summed E-state index contributed by atoms with van der Waals surface area (Å²) in [5, 5.41) is 5.74. The third kappa shape index (κ3) is 4.03. The lowest BCUT2D eigenvalue weighted by Crippen LogP contribution is -2.41. The molecule has 0 spiro atoms. The fourth-order valence-electron chi connectivity index (χ4n) is 7.50. The molecule has 10 nitrogen and oxygen atoms in total. The molecule has 5 aromatic rings. The summed E-state index contributed by atoms with van der Waals surface area (Å²) in [5.74, 6) is 1.87. The van der Waals surface area contributed by atoms with E-state index in [0.717, 1.165) is 97.3 Å². The monoisotopic (exact) mass is 564 g/mol. The first-order chi connectivity index (χ1) is 20.6. The Morgan fingerprint density at radius 2 is 1.95 bits per heavy atom. The topological polar surface area (TPSA) is 109 Å². The molecule has 1 amide bonds. The molecule has 0 radical (unpaired) electrons. The number of benzene rings is 1. The Hall–Kier alpha value is -4.18. The molecule has 1 aromatic carbocycles. The fraction of sp³-hybridized carbons (Fsp3) is 0.438. The average molecular weight is 565 g/mol. The number of nitrogens with two attached hydrogens (primary N) is 1. The van der Waals surface area contributed by atoms with Crippen LogP contribution >= 0.6 is 0 Å². The Balaban J connectivity index is 1.32. The predicted octanol–water partition coefficient (Wildman–Crippen LogP) is 4.44. The Labute approximate surface area is 244 Å². The average Bonchev–Trinajstić information content (AvgIpc) is 3.83. The minimum absolute atomic E-state index is 0.00642. The van der Waals surface area contributed by atoms with Crippen LogP contribution < -0.4 is 10.5 Å². The number of fused-ring (bicyclic) bond motifs is 11. The second kappa shape index (κ2) is 9.97. The lowest BCUT2D eigenvalue weighted by atomic mass is 10.1. The third-order valence-corrected chi connectivity index (χ3v) is 9.62. The molecule has 1 saturated heterocycles. The summed E-state index contributed by atoms with van der Waals surface area (Å²) in [6.07, 6.45) is 12.5. The Kier molecular flexibility index (Phi) is 6.06. The maximum absolute atomic E-state index is 13.8. The van der Waals surface area contributed by atoms with E-state index < -0.39 is 0 Å². The van der Waals surface area contributed by atoms with Crippen molar-refractivity contribution in [3.05, 3.63) is 60.0 Å². The van der Waals surface area contributed by atoms with Crippen molar-refractivity contribution in [2.24, 2.45) is 11.7 Å². The van der Waals surface area contributed by atoms with E-state index in [0.29, 0.717) is 23.8 Å². The molecule has 2 unspecified atom stereocenters. The highest BCUT2D eigenvalue weighted by atomic mass is 16.5. The lowest BCUT2D eigenvalue weighted by molar-refractivity contribution is 0.0700. The molecule has 2 fully saturated rings. The summed E-state index contributed by atoms with van der Waals surface area (Å²) in [4.78, 5) is 25.8. The molecule has 8 rings (SSSR count). The van der Waals surface area contributed by atoms with E-state index in [4.69, 9.17) is 20.4 Å². The molecule has 1 saturated carbocycles. The van der Waals surface area contributed by atoms with E-state index in [1.54, 1.807) is 7.11 Å². The van der Waals surface area contributed by atoms with Crippen LogP contribution in [0, 0.1) is 5.92 Å². The number of carbonyl (C=O) groups is 1. The maximum Gasteiger partial charge on any atom is 0.254 e. The molecule has 6 heterocycles. The summed E-state index contributed by atoms with van der Waals surface area (Å²) in [7, 11) is 1.67. The first-order valence-corrected chi connectivity index (χ1v) is 15.2. The molecule has 3 aliphatic rings. The SMILES string of the molecule is COc1cc(C(=O)N2CC3CCC2[C@@H]3N)cc2nc3n(c12)Cc1cnn(c1)CCCCCCn1c-3cc2cccnc21. The lowest BCUT2D eigenvalue weighted by Gasteiger charge is -2.27. The molecular weight excluding hydrogens is 528 g/mol. The fourth-order valence-corrected chi connectivity index (χ4v) is 7.50. The van der Waals surface area contributed by atoms with Gasteiger partial charge in [0.05, 0.1) is 31.1 Å². The standard InChI is InChI=1S/C32H36N8O2/c1-42-27-15-23(32(41)39-19-22-8-9-25(39)28(22)33)13-24-29(27)40-18-20-16-35-37(17-20)11-4-2-3-5-12-38-26(31(40)36-24)14-21-7-6-10-34-30(21)38/h6-7,10,13-17,22,25,28H,2-5,8-9,11-12,18-19,33H2,1H3/t22?,25?,28-/m1/s1. The number of methoxy groups -OCH3 is 1. The molecule has 3 atom stereocenters. The van der Waals surface area contributed by atoms with E-state index in [1.165, 1.54) is 0 Å². The summed E-state index contributed by atoms with van der Waals surface area (Å²) >= 11 is 0. The largest absolute Gasteiger partial charge is 0.494 e. The number of nitrogens with zero attached hydrogens (tertiary/aromatic N) is 7. The molecule has 42 heavy (non-hydrogen) atoms. The van der Waals surface area contributed by atoms with Gasteiger partial charge in [0.1, 0.15) is 16.9 Å². The third-order valence-electron chi connectivity index (χ3n) is 9.62. The zero-order valence-corrected chi connectivity index (χ0v) is 23.9. The van der Waals surface area contributed by atoms with Gasteiger partial charge in [-0.05, 0) is 61.9 Å². The van der Waals surface area contributed by atoms with Crippen molar-refractivity contribution in [2.45, 2.75) is 70.2 Å². The van der Waals surface area contributed by atoms with Gasteiger partial charge < -0.3 is 24.5 Å². The second-order valence-electron chi connectivity index (χ2n) is 12.1. The molecule has 4 bridgehead atoms. The molecule has 2 N–H and O–H groups in total. The van der Waals surface area contributed by atoms with Crippen molar-refractivity contribution >= 4 is 28.0 Å². The van der Waals surface area contributed by atoms with Gasteiger partial charge in [0.15, 0.2) is 5.82 Å². The molecule has 1 aliphatic carbocycles. The zero-order valence-electron chi connectivity index (χ0n) is 23.9. The van der Waals surface area contributed by atoms with E-state index in [2.05, 4.69) is 32.6 Å². The summed E-state index contributed by atoms with van der Waals surface area (Å²) in [5.41, 5.74) is 11.7. The summed E-state index contributed by atoms with van der Waals surface area (Å²) in [6, 6.07) is 10.3. The number of carbonyl (C=O) groups excluding carboxylic acids is 1. The molecular formula is C32H36N8O2. The van der Waals surface area contributed by atoms with Crippen LogP contribution in [0.2, 0.25) is 0 Å². The number of hydrogen-bond acceptors (Lipinski definition) is 6. The van der Waals surface area contributed by atoms with Gasteiger partial charge in [-0.3, -0.25) is 9.48 Å². The van der Waals surface area contributed by atoms with Crippen LogP contribution in [0.15, 0.2) is 48.9 Å². The van der Waals surface area contributed by atoms with Gasteiger partial charge in [0, 0.05) is 60.6 Å². The smallest absolute Gasteiger partial charge is 0.254 e. The highest BCUT2D eigenvalue weighted by Gasteiger charge is 2.47. The first kappa shape index (κ1) is 25.5. The number of ether oxygens (including phenoxy) is 1. The number of pyridine rings is 1. The van der Waals surface area contributed by atoms with Gasteiger partial charge in [-0.1, -0.05) is 12.8 Å². The highest BCUT2D eigenvalue weighted by molar-refractivity contribution is 6.00. The van der Waals surface area contributed by atoms with Crippen LogP contribution in [-0.4, -0.2) is 65.4 Å². The van der Waals surface area contributed by atoms with Crippen molar-refractivity contribution in [1.29, 1.82) is 0 Å². The summed E-state index contributed by atoms with van der Waals surface area (Å²) in [6.45, 7) is 3.07. The quantitative estimate of drug-likeness (QED) is 0.340. The number of hydrogen-bond donors (Lipinski definition) is 1. The van der Waals surface area contributed by atoms with Gasteiger partial charge in [-0.25, -0.2) is 9.97 Å². The van der Waals surface area contributed by atoms with Crippen molar-refractivity contribution in [2.75, 3.05) is 13.7 Å². The Bertz CT molecular complexity index is 1820. The van der Waals surface area contributed by atoms with Crippen molar-refractivity contribution in [1.82, 2.24) is 33.8 Å².